The first-order chi connectivity index (χ1) is 8.69. The Morgan fingerprint density at radius 1 is 1.06 bits per heavy atom. The van der Waals surface area contributed by atoms with Gasteiger partial charge < -0.3 is 5.32 Å². The Kier molecular flexibility index (Phi) is 2.37. The summed E-state index contributed by atoms with van der Waals surface area (Å²) in [5.74, 6) is 0.597. The smallest absolute Gasteiger partial charge is 0.224 e. The molecule has 0 aliphatic heterocycles. The van der Waals surface area contributed by atoms with Gasteiger partial charge >= 0.3 is 0 Å². The fraction of sp³-hybridized carbons (Fsp3) is 0.214. The quantitative estimate of drug-likeness (QED) is 0.662. The van der Waals surface area contributed by atoms with Crippen molar-refractivity contribution >= 4 is 27.9 Å². The molecule has 0 unspecified atom stereocenters. The Bertz CT molecular complexity index is 749. The summed E-state index contributed by atoms with van der Waals surface area (Å²) in [6, 6.07) is 6.32. The van der Waals surface area contributed by atoms with Crippen LogP contribution in [0.5, 0.6) is 0 Å². The Morgan fingerprint density at radius 3 is 2.61 bits per heavy atom. The van der Waals surface area contributed by atoms with E-state index in [1.165, 1.54) is 16.5 Å². The van der Waals surface area contributed by atoms with E-state index in [0.717, 1.165) is 16.6 Å². The predicted octanol–water partition coefficient (Wildman–Crippen LogP) is 2.84. The maximum absolute atomic E-state index is 4.66. The third kappa shape index (κ3) is 1.57. The van der Waals surface area contributed by atoms with Gasteiger partial charge in [0.1, 0.15) is 0 Å². The number of nitrogens with one attached hydrogen (secondary N) is 1. The zero-order valence-corrected chi connectivity index (χ0v) is 10.7. The molecule has 4 heteroatoms. The highest BCUT2D eigenvalue weighted by molar-refractivity contribution is 5.94. The molecule has 0 saturated heterocycles. The van der Waals surface area contributed by atoms with Gasteiger partial charge in [0.25, 0.3) is 0 Å². The van der Waals surface area contributed by atoms with E-state index in [1.54, 1.807) is 7.05 Å². The van der Waals surface area contributed by atoms with Gasteiger partial charge in [0.05, 0.1) is 5.52 Å². The molecular formula is C14H14N4. The van der Waals surface area contributed by atoms with Crippen LogP contribution in [0.15, 0.2) is 24.4 Å². The summed E-state index contributed by atoms with van der Waals surface area (Å²) in [5.41, 5.74) is 4.14. The third-order valence-corrected chi connectivity index (χ3v) is 3.17. The lowest BCUT2D eigenvalue weighted by Crippen LogP contribution is -1.98. The molecule has 2 aromatic heterocycles. The summed E-state index contributed by atoms with van der Waals surface area (Å²) in [6.45, 7) is 4.17. The fourth-order valence-corrected chi connectivity index (χ4v) is 2.10. The average molecular weight is 238 g/mol. The first kappa shape index (κ1) is 10.9. The number of hydrogen-bond donors (Lipinski definition) is 1. The molecule has 0 amide bonds. The molecule has 0 spiro atoms. The number of rotatable bonds is 1. The second-order valence-corrected chi connectivity index (χ2v) is 4.44. The number of anilines is 1. The van der Waals surface area contributed by atoms with Crippen molar-refractivity contribution < 1.29 is 0 Å². The number of aryl methyl sites for hydroxylation is 2. The predicted molar refractivity (Wildman–Crippen MR) is 73.9 cm³/mol. The second kappa shape index (κ2) is 3.91. The molecule has 1 aromatic carbocycles. The normalized spacial score (nSPS) is 11.1. The SMILES string of the molecule is CNc1ncc2cc3c(C)ccc(C)c3nc2n1. The molecule has 0 fully saturated rings. The maximum atomic E-state index is 4.66. The zero-order chi connectivity index (χ0) is 12.7. The maximum Gasteiger partial charge on any atom is 0.224 e. The Balaban J connectivity index is 2.43. The fourth-order valence-electron chi connectivity index (χ4n) is 2.10. The highest BCUT2D eigenvalue weighted by Crippen LogP contribution is 2.24. The van der Waals surface area contributed by atoms with Gasteiger partial charge in [0, 0.05) is 24.0 Å². The standard InChI is InChI=1S/C14H14N4/c1-8-4-5-9(2)12-11(8)6-10-7-16-14(15-3)18-13(10)17-12/h4-7H,1-3H3,(H,15,16,17,18). The van der Waals surface area contributed by atoms with Gasteiger partial charge in [-0.3, -0.25) is 0 Å². The van der Waals surface area contributed by atoms with Crippen molar-refractivity contribution in [2.75, 3.05) is 12.4 Å². The van der Waals surface area contributed by atoms with Gasteiger partial charge in [-0.05, 0) is 31.0 Å². The summed E-state index contributed by atoms with van der Waals surface area (Å²) >= 11 is 0. The van der Waals surface area contributed by atoms with E-state index in [1.807, 2.05) is 6.20 Å². The van der Waals surface area contributed by atoms with Crippen LogP contribution >= 0.6 is 0 Å². The van der Waals surface area contributed by atoms with Crippen molar-refractivity contribution in [2.24, 2.45) is 0 Å². The molecular weight excluding hydrogens is 224 g/mol. The van der Waals surface area contributed by atoms with Crippen LogP contribution in [0.25, 0.3) is 21.9 Å². The van der Waals surface area contributed by atoms with Crippen LogP contribution in [0.4, 0.5) is 5.95 Å². The lowest BCUT2D eigenvalue weighted by Gasteiger charge is -2.07. The van der Waals surface area contributed by atoms with Crippen LogP contribution in [0.1, 0.15) is 11.1 Å². The first-order valence-electron chi connectivity index (χ1n) is 5.90. The molecule has 3 rings (SSSR count). The van der Waals surface area contributed by atoms with Crippen molar-refractivity contribution in [2.45, 2.75) is 13.8 Å². The van der Waals surface area contributed by atoms with E-state index in [0.29, 0.717) is 5.95 Å². The number of fused-ring (bicyclic) bond motifs is 2. The lowest BCUT2D eigenvalue weighted by atomic mass is 10.0. The number of pyridine rings is 1. The third-order valence-electron chi connectivity index (χ3n) is 3.17. The summed E-state index contributed by atoms with van der Waals surface area (Å²) in [5, 5.41) is 5.07. The zero-order valence-electron chi connectivity index (χ0n) is 10.7. The van der Waals surface area contributed by atoms with Crippen LogP contribution in [-0.2, 0) is 0 Å². The minimum atomic E-state index is 0.597. The molecule has 2 heterocycles. The molecule has 0 saturated carbocycles. The second-order valence-electron chi connectivity index (χ2n) is 4.44. The molecule has 90 valence electrons. The van der Waals surface area contributed by atoms with Crippen molar-refractivity contribution in [1.82, 2.24) is 15.0 Å². The molecule has 0 aliphatic carbocycles. The van der Waals surface area contributed by atoms with Crippen LogP contribution in [0, 0.1) is 13.8 Å². The molecule has 0 radical (unpaired) electrons. The van der Waals surface area contributed by atoms with Crippen LogP contribution in [0.3, 0.4) is 0 Å². The van der Waals surface area contributed by atoms with Crippen molar-refractivity contribution in [3.05, 3.63) is 35.5 Å². The van der Waals surface area contributed by atoms with Gasteiger partial charge in [-0.1, -0.05) is 12.1 Å². The molecule has 0 bridgehead atoms. The molecule has 0 atom stereocenters. The minimum Gasteiger partial charge on any atom is -0.357 e. The molecule has 1 N–H and O–H groups in total. The van der Waals surface area contributed by atoms with Gasteiger partial charge in [-0.2, -0.15) is 4.98 Å². The van der Waals surface area contributed by atoms with Crippen molar-refractivity contribution in [3.8, 4) is 0 Å². The number of benzene rings is 1. The van der Waals surface area contributed by atoms with Gasteiger partial charge in [0.2, 0.25) is 5.95 Å². The monoisotopic (exact) mass is 238 g/mol. The van der Waals surface area contributed by atoms with Crippen LogP contribution in [0.2, 0.25) is 0 Å². The van der Waals surface area contributed by atoms with E-state index in [4.69, 9.17) is 0 Å². The average Bonchev–Trinajstić information content (AvgIpc) is 2.41. The highest BCUT2D eigenvalue weighted by Gasteiger charge is 2.06. The minimum absolute atomic E-state index is 0.597. The van der Waals surface area contributed by atoms with E-state index < -0.39 is 0 Å². The molecule has 18 heavy (non-hydrogen) atoms. The molecule has 0 aliphatic rings. The summed E-state index contributed by atoms with van der Waals surface area (Å²) in [7, 11) is 1.80. The van der Waals surface area contributed by atoms with Crippen molar-refractivity contribution in [1.29, 1.82) is 0 Å². The Morgan fingerprint density at radius 2 is 1.83 bits per heavy atom. The van der Waals surface area contributed by atoms with Gasteiger partial charge in [0.15, 0.2) is 5.65 Å². The van der Waals surface area contributed by atoms with Gasteiger partial charge in [-0.25, -0.2) is 9.97 Å². The summed E-state index contributed by atoms with van der Waals surface area (Å²) in [6.07, 6.45) is 1.81. The molecule has 3 aromatic rings. The lowest BCUT2D eigenvalue weighted by molar-refractivity contribution is 1.17. The largest absolute Gasteiger partial charge is 0.357 e. The van der Waals surface area contributed by atoms with E-state index in [9.17, 15) is 0 Å². The van der Waals surface area contributed by atoms with E-state index in [-0.39, 0.29) is 0 Å². The number of hydrogen-bond acceptors (Lipinski definition) is 4. The summed E-state index contributed by atoms with van der Waals surface area (Å²) < 4.78 is 0. The van der Waals surface area contributed by atoms with Gasteiger partial charge in [-0.15, -0.1) is 0 Å². The summed E-state index contributed by atoms with van der Waals surface area (Å²) in [4.78, 5) is 13.3. The Hall–Kier alpha value is -2.23. The van der Waals surface area contributed by atoms with E-state index >= 15 is 0 Å². The van der Waals surface area contributed by atoms with E-state index in [2.05, 4.69) is 52.3 Å². The molecule has 4 nitrogen and oxygen atoms in total. The van der Waals surface area contributed by atoms with Crippen LogP contribution in [-0.4, -0.2) is 22.0 Å². The topological polar surface area (TPSA) is 50.7 Å². The number of nitrogens with zero attached hydrogens (tertiary/aromatic N) is 3. The first-order valence-corrected chi connectivity index (χ1v) is 5.90. The highest BCUT2D eigenvalue weighted by atomic mass is 15.1. The van der Waals surface area contributed by atoms with Crippen molar-refractivity contribution in [3.63, 3.8) is 0 Å². The van der Waals surface area contributed by atoms with Crippen LogP contribution < -0.4 is 5.32 Å². The number of aromatic nitrogens is 3. The Labute approximate surface area is 105 Å².